The molecule has 10 heteroatoms. The normalized spacial score (nSPS) is 15.8. The van der Waals surface area contributed by atoms with E-state index in [2.05, 4.69) is 41.7 Å². The Bertz CT molecular complexity index is 569. The number of guanidine groups is 2. The highest BCUT2D eigenvalue weighted by atomic mass is 79.9. The zero-order valence-corrected chi connectivity index (χ0v) is 16.3. The maximum absolute atomic E-state index is 4.19. The Balaban J connectivity index is 0.00000144. The fraction of sp³-hybridized carbons (Fsp3) is 0.286. The summed E-state index contributed by atoms with van der Waals surface area (Å²) in [6, 6.07) is 7.90. The highest BCUT2D eigenvalue weighted by Crippen LogP contribution is 2.00. The summed E-state index contributed by atoms with van der Waals surface area (Å²) in [4.78, 5) is 8.38. The molecule has 2 aliphatic rings. The highest BCUT2D eigenvalue weighted by molar-refractivity contribution is 8.93. The van der Waals surface area contributed by atoms with E-state index in [0.29, 0.717) is 0 Å². The predicted octanol–water partition coefficient (Wildman–Crippen LogP) is 0.608. The van der Waals surface area contributed by atoms with Gasteiger partial charge >= 0.3 is 0 Å². The van der Waals surface area contributed by atoms with Gasteiger partial charge in [-0.25, -0.2) is 20.8 Å². The number of hydrazone groups is 2. The Hall–Kier alpha value is -1.94. The van der Waals surface area contributed by atoms with Gasteiger partial charge in [-0.3, -0.25) is 0 Å². The van der Waals surface area contributed by atoms with E-state index in [1.54, 1.807) is 12.4 Å². The fourth-order valence-electron chi connectivity index (χ4n) is 1.95. The van der Waals surface area contributed by atoms with E-state index in [-0.39, 0.29) is 34.0 Å². The van der Waals surface area contributed by atoms with Gasteiger partial charge in [0.2, 0.25) is 11.9 Å². The topological polar surface area (TPSA) is 97.6 Å². The average Bonchev–Trinajstić information content (AvgIpc) is 3.22. The first-order valence-corrected chi connectivity index (χ1v) is 7.15. The Labute approximate surface area is 161 Å². The first-order chi connectivity index (χ1) is 10.9. The second-order valence-electron chi connectivity index (χ2n) is 4.72. The molecule has 0 bridgehead atoms. The molecule has 0 amide bonds. The van der Waals surface area contributed by atoms with Gasteiger partial charge in [0.15, 0.2) is 0 Å². The van der Waals surface area contributed by atoms with Crippen LogP contribution < -0.4 is 21.5 Å². The standard InChI is InChI=1S/C14H18N8.2BrH/c1-2-12(10-20-22-14-17-7-8-18-14)4-3-11(1)9-19-21-13-15-5-6-16-13;;/h1-4,9-10H,5-8H2,(H2,15,16,21)(H2,17,18,22);2*1H/b19-9+,20-10+;;. The number of nitrogens with zero attached hydrogens (tertiary/aromatic N) is 4. The molecule has 0 saturated heterocycles. The van der Waals surface area contributed by atoms with Crippen LogP contribution in [-0.2, 0) is 0 Å². The Morgan fingerprint density at radius 3 is 1.54 bits per heavy atom. The Morgan fingerprint density at radius 1 is 0.792 bits per heavy atom. The van der Waals surface area contributed by atoms with Crippen LogP contribution in [0, 0.1) is 0 Å². The summed E-state index contributed by atoms with van der Waals surface area (Å²) in [5.74, 6) is 1.43. The van der Waals surface area contributed by atoms with Gasteiger partial charge in [0, 0.05) is 13.1 Å². The molecule has 0 fully saturated rings. The van der Waals surface area contributed by atoms with Gasteiger partial charge in [-0.15, -0.1) is 34.0 Å². The van der Waals surface area contributed by atoms with Gasteiger partial charge in [-0.2, -0.15) is 10.2 Å². The largest absolute Gasteiger partial charge is 0.353 e. The number of hydrogen-bond acceptors (Lipinski definition) is 8. The molecule has 0 radical (unpaired) electrons. The predicted molar refractivity (Wildman–Crippen MR) is 109 cm³/mol. The van der Waals surface area contributed by atoms with Crippen LogP contribution in [-0.4, -0.2) is 50.5 Å². The van der Waals surface area contributed by atoms with E-state index in [9.17, 15) is 0 Å². The van der Waals surface area contributed by atoms with Crippen molar-refractivity contribution in [2.45, 2.75) is 0 Å². The van der Waals surface area contributed by atoms with Gasteiger partial charge in [-0.05, 0) is 11.1 Å². The van der Waals surface area contributed by atoms with E-state index in [1.807, 2.05) is 24.3 Å². The van der Waals surface area contributed by atoms with Crippen molar-refractivity contribution in [2.75, 3.05) is 26.2 Å². The number of benzene rings is 1. The first-order valence-electron chi connectivity index (χ1n) is 7.15. The minimum absolute atomic E-state index is 0. The van der Waals surface area contributed by atoms with E-state index in [1.165, 1.54) is 0 Å². The molecule has 0 unspecified atom stereocenters. The first kappa shape index (κ1) is 20.1. The van der Waals surface area contributed by atoms with Crippen molar-refractivity contribution >= 4 is 58.3 Å². The van der Waals surface area contributed by atoms with Crippen molar-refractivity contribution in [3.63, 3.8) is 0 Å². The van der Waals surface area contributed by atoms with Crippen molar-refractivity contribution in [1.82, 2.24) is 21.5 Å². The van der Waals surface area contributed by atoms with Crippen molar-refractivity contribution < 1.29 is 0 Å². The molecule has 2 aliphatic heterocycles. The molecule has 0 aliphatic carbocycles. The molecule has 0 aromatic heterocycles. The number of hydrogen-bond donors (Lipinski definition) is 4. The summed E-state index contributed by atoms with van der Waals surface area (Å²) in [5.41, 5.74) is 7.72. The third-order valence-electron chi connectivity index (χ3n) is 3.05. The number of rotatable bonds is 4. The van der Waals surface area contributed by atoms with Gasteiger partial charge in [0.1, 0.15) is 0 Å². The lowest BCUT2D eigenvalue weighted by atomic mass is 10.2. The molecule has 4 N–H and O–H groups in total. The summed E-state index contributed by atoms with van der Waals surface area (Å²) in [7, 11) is 0. The fourth-order valence-corrected chi connectivity index (χ4v) is 1.95. The quantitative estimate of drug-likeness (QED) is 0.391. The van der Waals surface area contributed by atoms with Crippen molar-refractivity contribution in [2.24, 2.45) is 20.2 Å². The number of aliphatic imine (C=N–C) groups is 2. The second kappa shape index (κ2) is 10.8. The smallest absolute Gasteiger partial charge is 0.212 e. The van der Waals surface area contributed by atoms with Crippen molar-refractivity contribution in [1.29, 1.82) is 0 Å². The van der Waals surface area contributed by atoms with Crippen LogP contribution in [0.25, 0.3) is 0 Å². The molecule has 24 heavy (non-hydrogen) atoms. The lowest BCUT2D eigenvalue weighted by Gasteiger charge is -2.00. The molecular formula is C14H20Br2N8. The van der Waals surface area contributed by atoms with Crippen LogP contribution >= 0.6 is 34.0 Å². The molecule has 1 aromatic rings. The van der Waals surface area contributed by atoms with Gasteiger partial charge in [-0.1, -0.05) is 24.3 Å². The lowest BCUT2D eigenvalue weighted by molar-refractivity contribution is 0.919. The van der Waals surface area contributed by atoms with Crippen LogP contribution in [0.2, 0.25) is 0 Å². The highest BCUT2D eigenvalue weighted by Gasteiger charge is 2.02. The minimum Gasteiger partial charge on any atom is -0.353 e. The lowest BCUT2D eigenvalue weighted by Crippen LogP contribution is -2.30. The van der Waals surface area contributed by atoms with Crippen molar-refractivity contribution in [3.05, 3.63) is 35.4 Å². The van der Waals surface area contributed by atoms with Gasteiger partial charge in [0.25, 0.3) is 0 Å². The SMILES string of the molecule is Br.Br.C(=N\NC1=NCCN1)/c1ccc(/C=N/NC2=NCCN2)cc1. The average molecular weight is 460 g/mol. The Kier molecular flexibility index (Phi) is 9.02. The van der Waals surface area contributed by atoms with Gasteiger partial charge in [0.05, 0.1) is 25.5 Å². The number of nitrogens with one attached hydrogen (secondary N) is 4. The summed E-state index contributed by atoms with van der Waals surface area (Å²) in [5, 5.41) is 14.4. The van der Waals surface area contributed by atoms with Crippen molar-refractivity contribution in [3.8, 4) is 0 Å². The monoisotopic (exact) mass is 458 g/mol. The third-order valence-corrected chi connectivity index (χ3v) is 3.05. The van der Waals surface area contributed by atoms with E-state index in [0.717, 1.165) is 49.2 Å². The molecule has 3 rings (SSSR count). The van der Waals surface area contributed by atoms with Crippen LogP contribution in [0.15, 0.2) is 44.5 Å². The van der Waals surface area contributed by atoms with Crippen LogP contribution in [0.1, 0.15) is 11.1 Å². The molecule has 0 saturated carbocycles. The van der Waals surface area contributed by atoms with Crippen LogP contribution in [0.5, 0.6) is 0 Å². The van der Waals surface area contributed by atoms with E-state index >= 15 is 0 Å². The zero-order chi connectivity index (χ0) is 15.0. The second-order valence-corrected chi connectivity index (χ2v) is 4.72. The zero-order valence-electron chi connectivity index (χ0n) is 12.9. The molecule has 1 aromatic carbocycles. The molecule has 8 nitrogen and oxygen atoms in total. The summed E-state index contributed by atoms with van der Waals surface area (Å²) >= 11 is 0. The third kappa shape index (κ3) is 6.28. The molecule has 130 valence electrons. The Morgan fingerprint density at radius 2 is 1.21 bits per heavy atom. The summed E-state index contributed by atoms with van der Waals surface area (Å²) in [6.07, 6.45) is 3.50. The van der Waals surface area contributed by atoms with Gasteiger partial charge < -0.3 is 10.6 Å². The van der Waals surface area contributed by atoms with E-state index in [4.69, 9.17) is 0 Å². The molecule has 0 atom stereocenters. The summed E-state index contributed by atoms with van der Waals surface area (Å²) in [6.45, 7) is 3.31. The number of halogens is 2. The van der Waals surface area contributed by atoms with E-state index < -0.39 is 0 Å². The van der Waals surface area contributed by atoms with Crippen LogP contribution in [0.3, 0.4) is 0 Å². The molecule has 0 spiro atoms. The molecule has 2 heterocycles. The maximum atomic E-state index is 4.19. The summed E-state index contributed by atoms with van der Waals surface area (Å²) < 4.78 is 0. The molecular weight excluding hydrogens is 440 g/mol. The minimum atomic E-state index is 0. The maximum Gasteiger partial charge on any atom is 0.212 e. The van der Waals surface area contributed by atoms with Crippen LogP contribution in [0.4, 0.5) is 0 Å².